The maximum absolute atomic E-state index is 13.5. The highest BCUT2D eigenvalue weighted by molar-refractivity contribution is 7.89. The average Bonchev–Trinajstić information content (AvgIpc) is 3.07. The fourth-order valence-corrected chi connectivity index (χ4v) is 6.09. The Morgan fingerprint density at radius 2 is 1.67 bits per heavy atom. The fourth-order valence-electron chi connectivity index (χ4n) is 4.37. The van der Waals surface area contributed by atoms with Crippen molar-refractivity contribution in [1.82, 2.24) is 14.8 Å². The molecule has 0 bridgehead atoms. The number of aryl methyl sites for hydroxylation is 4. The van der Waals surface area contributed by atoms with Crippen LogP contribution < -0.4 is 5.32 Å². The number of benzene rings is 1. The molecule has 0 saturated carbocycles. The van der Waals surface area contributed by atoms with Gasteiger partial charge in [0.2, 0.25) is 15.9 Å². The van der Waals surface area contributed by atoms with E-state index in [1.54, 1.807) is 13.0 Å². The highest BCUT2D eigenvalue weighted by atomic mass is 32.2. The monoisotopic (exact) mass is 473 g/mol. The van der Waals surface area contributed by atoms with E-state index >= 15 is 0 Å². The summed E-state index contributed by atoms with van der Waals surface area (Å²) < 4.78 is 33.8. The Hall–Kier alpha value is -2.45. The summed E-state index contributed by atoms with van der Waals surface area (Å²) in [6.45, 7) is 14.1. The number of hydrogen-bond acceptors (Lipinski definition) is 5. The first-order valence-electron chi connectivity index (χ1n) is 11.3. The smallest absolute Gasteiger partial charge is 0.248 e. The molecule has 1 aromatic heterocycles. The second-order valence-corrected chi connectivity index (χ2v) is 11.9. The summed E-state index contributed by atoms with van der Waals surface area (Å²) in [5.74, 6) is 0.0127. The van der Waals surface area contributed by atoms with Gasteiger partial charge in [0.15, 0.2) is 10.7 Å². The Bertz CT molecular complexity index is 1140. The minimum atomic E-state index is -3.80. The molecule has 8 heteroatoms. The van der Waals surface area contributed by atoms with Crippen molar-refractivity contribution >= 4 is 28.1 Å². The number of nitrogens with one attached hydrogen (secondary N) is 1. The van der Waals surface area contributed by atoms with Crippen LogP contribution >= 0.6 is 0 Å². The molecule has 1 aliphatic rings. The Balaban J connectivity index is 1.81. The summed E-state index contributed by atoms with van der Waals surface area (Å²) in [6.07, 6.45) is 4.53. The van der Waals surface area contributed by atoms with Gasteiger partial charge in [-0.3, -0.25) is 4.79 Å². The van der Waals surface area contributed by atoms with E-state index in [-0.39, 0.29) is 41.1 Å². The van der Waals surface area contributed by atoms with Crippen LogP contribution in [0.2, 0.25) is 0 Å². The molecule has 0 unspecified atom stereocenters. The summed E-state index contributed by atoms with van der Waals surface area (Å²) in [5, 5.41) is 6.93. The van der Waals surface area contributed by atoms with Crippen LogP contribution in [0.5, 0.6) is 0 Å². The summed E-state index contributed by atoms with van der Waals surface area (Å²) >= 11 is 0. The third-order valence-electron chi connectivity index (χ3n) is 5.89. The van der Waals surface area contributed by atoms with Crippen molar-refractivity contribution in [2.24, 2.45) is 5.92 Å². The predicted octanol–water partition coefficient (Wildman–Crippen LogP) is 4.39. The first kappa shape index (κ1) is 25.2. The van der Waals surface area contributed by atoms with Gasteiger partial charge in [-0.2, -0.15) is 4.31 Å². The maximum Gasteiger partial charge on any atom is 0.248 e. The van der Waals surface area contributed by atoms with Crippen LogP contribution in [0.15, 0.2) is 21.6 Å². The van der Waals surface area contributed by atoms with E-state index in [1.165, 1.54) is 9.87 Å². The summed E-state index contributed by atoms with van der Waals surface area (Å²) in [7, 11) is -3.80. The van der Waals surface area contributed by atoms with Gasteiger partial charge in [0, 0.05) is 24.5 Å². The number of sulfonamides is 1. The van der Waals surface area contributed by atoms with Gasteiger partial charge in [-0.25, -0.2) is 8.42 Å². The molecule has 1 fully saturated rings. The van der Waals surface area contributed by atoms with Crippen molar-refractivity contribution in [3.63, 3.8) is 0 Å². The standard InChI is InChI=1S/C25H35N3O4S/c1-16-14-17(2)21(18(3)15-16)8-9-22-23(19(4)27-32-22)33(30,31)28-12-10-20(11-13-28)24(29)26-25(5,6)7/h8-9,14-15,20H,10-13H2,1-7H3,(H,26,29). The molecule has 0 aliphatic carbocycles. The van der Waals surface area contributed by atoms with Crippen LogP contribution in [-0.2, 0) is 14.8 Å². The molecule has 1 saturated heterocycles. The van der Waals surface area contributed by atoms with Crippen molar-refractivity contribution in [3.05, 3.63) is 45.8 Å². The Morgan fingerprint density at radius 1 is 1.09 bits per heavy atom. The summed E-state index contributed by atoms with van der Waals surface area (Å²) in [5.41, 5.74) is 4.46. The molecular formula is C25H35N3O4S. The molecule has 33 heavy (non-hydrogen) atoms. The molecule has 180 valence electrons. The van der Waals surface area contributed by atoms with Gasteiger partial charge in [0.05, 0.1) is 0 Å². The quantitative estimate of drug-likeness (QED) is 0.695. The van der Waals surface area contributed by atoms with Gasteiger partial charge >= 0.3 is 0 Å². The third-order valence-corrected chi connectivity index (χ3v) is 7.95. The molecule has 1 amide bonds. The number of piperidine rings is 1. The van der Waals surface area contributed by atoms with E-state index in [1.807, 2.05) is 47.6 Å². The highest BCUT2D eigenvalue weighted by Gasteiger charge is 2.36. The number of carbonyl (C=O) groups is 1. The molecular weight excluding hydrogens is 438 g/mol. The SMILES string of the molecule is Cc1cc(C)c(C=Cc2onc(C)c2S(=O)(=O)N2CCC(C(=O)NC(C)(C)C)CC2)c(C)c1. The zero-order chi connectivity index (χ0) is 24.6. The number of hydrogen-bond donors (Lipinski definition) is 1. The first-order chi connectivity index (χ1) is 15.3. The number of nitrogens with zero attached hydrogens (tertiary/aromatic N) is 2. The van der Waals surface area contributed by atoms with Crippen molar-refractivity contribution in [1.29, 1.82) is 0 Å². The van der Waals surface area contributed by atoms with Gasteiger partial charge in [0.25, 0.3) is 0 Å². The molecule has 3 rings (SSSR count). The summed E-state index contributed by atoms with van der Waals surface area (Å²) in [6, 6.07) is 4.19. The van der Waals surface area contributed by atoms with Crippen molar-refractivity contribution in [2.45, 2.75) is 71.7 Å². The third kappa shape index (κ3) is 5.73. The normalized spacial score (nSPS) is 16.5. The molecule has 0 radical (unpaired) electrons. The lowest BCUT2D eigenvalue weighted by atomic mass is 9.96. The summed E-state index contributed by atoms with van der Waals surface area (Å²) in [4.78, 5) is 12.6. The number of carbonyl (C=O) groups excluding carboxylic acids is 1. The lowest BCUT2D eigenvalue weighted by Gasteiger charge is -2.32. The lowest BCUT2D eigenvalue weighted by Crippen LogP contribution is -2.47. The van der Waals surface area contributed by atoms with Crippen LogP contribution in [0.1, 0.15) is 67.3 Å². The number of rotatable bonds is 5. The maximum atomic E-state index is 13.5. The van der Waals surface area contributed by atoms with E-state index < -0.39 is 10.0 Å². The van der Waals surface area contributed by atoms with Crippen molar-refractivity contribution in [3.8, 4) is 0 Å². The largest absolute Gasteiger partial charge is 0.355 e. The Morgan fingerprint density at radius 3 is 2.21 bits per heavy atom. The Kier molecular flexibility index (Phi) is 7.19. The zero-order valence-corrected chi connectivity index (χ0v) is 21.5. The van der Waals surface area contributed by atoms with E-state index in [9.17, 15) is 13.2 Å². The minimum Gasteiger partial charge on any atom is -0.355 e. The van der Waals surface area contributed by atoms with Gasteiger partial charge in [0.1, 0.15) is 5.69 Å². The van der Waals surface area contributed by atoms with Crippen LogP contribution in [0.3, 0.4) is 0 Å². The van der Waals surface area contributed by atoms with Crippen molar-refractivity contribution < 1.29 is 17.7 Å². The van der Waals surface area contributed by atoms with E-state index in [0.29, 0.717) is 18.5 Å². The van der Waals surface area contributed by atoms with Crippen LogP contribution in [0.4, 0.5) is 0 Å². The minimum absolute atomic E-state index is 0.0202. The second kappa shape index (κ2) is 9.43. The second-order valence-electron chi connectivity index (χ2n) is 10.0. The molecule has 0 atom stereocenters. The van der Waals surface area contributed by atoms with Gasteiger partial charge in [-0.15, -0.1) is 0 Å². The molecule has 1 aromatic carbocycles. The van der Waals surface area contributed by atoms with Crippen molar-refractivity contribution in [2.75, 3.05) is 13.1 Å². The fraction of sp³-hybridized carbons (Fsp3) is 0.520. The van der Waals surface area contributed by atoms with E-state index in [4.69, 9.17) is 4.52 Å². The highest BCUT2D eigenvalue weighted by Crippen LogP contribution is 2.30. The zero-order valence-electron chi connectivity index (χ0n) is 20.7. The van der Waals surface area contributed by atoms with Gasteiger partial charge < -0.3 is 9.84 Å². The average molecular weight is 474 g/mol. The van der Waals surface area contributed by atoms with Gasteiger partial charge in [-0.05, 0) is 84.1 Å². The molecule has 1 aliphatic heterocycles. The Labute approximate surface area is 197 Å². The van der Waals surface area contributed by atoms with Crippen LogP contribution in [0, 0.1) is 33.6 Å². The topological polar surface area (TPSA) is 92.5 Å². The molecule has 0 spiro atoms. The molecule has 2 heterocycles. The van der Waals surface area contributed by atoms with E-state index in [2.05, 4.69) is 22.6 Å². The molecule has 7 nitrogen and oxygen atoms in total. The molecule has 2 aromatic rings. The van der Waals surface area contributed by atoms with Crippen LogP contribution in [0.25, 0.3) is 12.2 Å². The van der Waals surface area contributed by atoms with Gasteiger partial charge in [-0.1, -0.05) is 28.9 Å². The predicted molar refractivity (Wildman–Crippen MR) is 130 cm³/mol. The number of amides is 1. The number of aromatic nitrogens is 1. The molecule has 1 N–H and O–H groups in total. The first-order valence-corrected chi connectivity index (χ1v) is 12.8. The van der Waals surface area contributed by atoms with Crippen LogP contribution in [-0.4, -0.2) is 42.4 Å². The lowest BCUT2D eigenvalue weighted by molar-refractivity contribution is -0.127. The van der Waals surface area contributed by atoms with E-state index in [0.717, 1.165) is 16.7 Å².